The fraction of sp³-hybridized carbons (Fsp3) is 0.474. The molecule has 24 heavy (non-hydrogen) atoms. The highest BCUT2D eigenvalue weighted by Crippen LogP contribution is 2.28. The number of aromatic amines is 1. The molecule has 0 radical (unpaired) electrons. The Balaban J connectivity index is 1.51. The first-order valence-electron chi connectivity index (χ1n) is 8.72. The highest BCUT2D eigenvalue weighted by atomic mass is 16.1. The van der Waals surface area contributed by atoms with Gasteiger partial charge in [-0.25, -0.2) is 0 Å². The summed E-state index contributed by atoms with van der Waals surface area (Å²) in [5.41, 5.74) is 3.90. The topological polar surface area (TPSA) is 69.8 Å². The third-order valence-corrected chi connectivity index (χ3v) is 4.92. The van der Waals surface area contributed by atoms with Crippen molar-refractivity contribution < 1.29 is 4.79 Å². The van der Waals surface area contributed by atoms with Gasteiger partial charge >= 0.3 is 0 Å². The van der Waals surface area contributed by atoms with E-state index in [2.05, 4.69) is 51.2 Å². The number of benzene rings is 1. The number of carbonyl (C=O) groups is 1. The molecule has 5 nitrogen and oxygen atoms in total. The SMILES string of the molecule is Cc1n[nH]c(C)c1NC(=O)CN[C@H]1CCC[C@H]1Cc1ccccc1. The Morgan fingerprint density at radius 2 is 2.04 bits per heavy atom. The minimum absolute atomic E-state index is 0.00652. The third-order valence-electron chi connectivity index (χ3n) is 4.92. The molecule has 1 aromatic carbocycles. The van der Waals surface area contributed by atoms with Crippen LogP contribution in [0.3, 0.4) is 0 Å². The Labute approximate surface area is 143 Å². The van der Waals surface area contributed by atoms with Crippen molar-refractivity contribution in [3.8, 4) is 0 Å². The Kier molecular flexibility index (Phi) is 5.30. The van der Waals surface area contributed by atoms with Gasteiger partial charge in [-0.3, -0.25) is 9.89 Å². The second-order valence-electron chi connectivity index (χ2n) is 6.73. The molecule has 2 atom stereocenters. The van der Waals surface area contributed by atoms with Gasteiger partial charge in [0.1, 0.15) is 0 Å². The van der Waals surface area contributed by atoms with Crippen molar-refractivity contribution in [2.45, 2.75) is 45.6 Å². The molecule has 1 amide bonds. The quantitative estimate of drug-likeness (QED) is 0.764. The van der Waals surface area contributed by atoms with Gasteiger partial charge in [0, 0.05) is 6.04 Å². The molecule has 3 rings (SSSR count). The summed E-state index contributed by atoms with van der Waals surface area (Å²) in [6.07, 6.45) is 4.69. The number of carbonyl (C=O) groups excluding carboxylic acids is 1. The minimum atomic E-state index is -0.00652. The summed E-state index contributed by atoms with van der Waals surface area (Å²) in [5.74, 6) is 0.602. The molecule has 1 aromatic heterocycles. The number of anilines is 1. The highest BCUT2D eigenvalue weighted by molar-refractivity contribution is 5.93. The fourth-order valence-electron chi connectivity index (χ4n) is 3.61. The Morgan fingerprint density at radius 1 is 1.25 bits per heavy atom. The van der Waals surface area contributed by atoms with E-state index in [0.29, 0.717) is 18.5 Å². The van der Waals surface area contributed by atoms with Gasteiger partial charge in [0.15, 0.2) is 0 Å². The predicted octanol–water partition coefficient (Wildman–Crippen LogP) is 2.97. The molecule has 1 heterocycles. The van der Waals surface area contributed by atoms with E-state index in [1.807, 2.05) is 13.8 Å². The van der Waals surface area contributed by atoms with Crippen LogP contribution in [0, 0.1) is 19.8 Å². The lowest BCUT2D eigenvalue weighted by molar-refractivity contribution is -0.115. The Bertz CT molecular complexity index is 660. The summed E-state index contributed by atoms with van der Waals surface area (Å²) < 4.78 is 0. The van der Waals surface area contributed by atoms with E-state index >= 15 is 0 Å². The van der Waals surface area contributed by atoms with Crippen molar-refractivity contribution in [1.82, 2.24) is 15.5 Å². The summed E-state index contributed by atoms with van der Waals surface area (Å²) in [6.45, 7) is 4.15. The first kappa shape index (κ1) is 16.7. The van der Waals surface area contributed by atoms with E-state index in [1.165, 1.54) is 18.4 Å². The molecule has 128 valence electrons. The monoisotopic (exact) mass is 326 g/mol. The zero-order chi connectivity index (χ0) is 16.9. The average Bonchev–Trinajstić information content (AvgIpc) is 3.15. The van der Waals surface area contributed by atoms with Crippen LogP contribution in [0.25, 0.3) is 0 Å². The summed E-state index contributed by atoms with van der Waals surface area (Å²) in [7, 11) is 0. The smallest absolute Gasteiger partial charge is 0.238 e. The minimum Gasteiger partial charge on any atom is -0.322 e. The molecule has 0 unspecified atom stereocenters. The number of hydrogen-bond donors (Lipinski definition) is 3. The van der Waals surface area contributed by atoms with Crippen LogP contribution < -0.4 is 10.6 Å². The van der Waals surface area contributed by atoms with E-state index in [1.54, 1.807) is 0 Å². The molecule has 0 bridgehead atoms. The van der Waals surface area contributed by atoms with E-state index < -0.39 is 0 Å². The molecule has 5 heteroatoms. The first-order chi connectivity index (χ1) is 11.6. The number of hydrogen-bond acceptors (Lipinski definition) is 3. The number of aromatic nitrogens is 2. The molecule has 1 aliphatic rings. The Morgan fingerprint density at radius 3 is 2.75 bits per heavy atom. The van der Waals surface area contributed by atoms with Crippen LogP contribution >= 0.6 is 0 Å². The molecule has 0 saturated heterocycles. The number of nitrogens with one attached hydrogen (secondary N) is 3. The number of amides is 1. The van der Waals surface area contributed by atoms with Gasteiger partial charge in [-0.2, -0.15) is 5.10 Å². The second kappa shape index (κ2) is 7.62. The molecule has 0 aliphatic heterocycles. The summed E-state index contributed by atoms with van der Waals surface area (Å²) in [6, 6.07) is 11.0. The van der Waals surface area contributed by atoms with E-state index in [4.69, 9.17) is 0 Å². The molecule has 2 aromatic rings. The van der Waals surface area contributed by atoms with Gasteiger partial charge in [-0.15, -0.1) is 0 Å². The highest BCUT2D eigenvalue weighted by Gasteiger charge is 2.27. The molecule has 0 spiro atoms. The van der Waals surface area contributed by atoms with Gasteiger partial charge < -0.3 is 10.6 Å². The van der Waals surface area contributed by atoms with Crippen LogP contribution in [-0.2, 0) is 11.2 Å². The molecular weight excluding hydrogens is 300 g/mol. The predicted molar refractivity (Wildman–Crippen MR) is 96.0 cm³/mol. The maximum atomic E-state index is 12.2. The lowest BCUT2D eigenvalue weighted by atomic mass is 9.94. The van der Waals surface area contributed by atoms with Gasteiger partial charge in [-0.05, 0) is 44.6 Å². The first-order valence-corrected chi connectivity index (χ1v) is 8.72. The normalized spacial score (nSPS) is 20.2. The Hall–Kier alpha value is -2.14. The summed E-state index contributed by atoms with van der Waals surface area (Å²) >= 11 is 0. The zero-order valence-electron chi connectivity index (χ0n) is 14.4. The molecule has 1 fully saturated rings. The second-order valence-corrected chi connectivity index (χ2v) is 6.73. The average molecular weight is 326 g/mol. The van der Waals surface area contributed by atoms with Crippen LogP contribution in [0.2, 0.25) is 0 Å². The maximum Gasteiger partial charge on any atom is 0.238 e. The molecule has 3 N–H and O–H groups in total. The zero-order valence-corrected chi connectivity index (χ0v) is 14.4. The van der Waals surface area contributed by atoms with Gasteiger partial charge in [0.2, 0.25) is 5.91 Å². The molecule has 1 aliphatic carbocycles. The maximum absolute atomic E-state index is 12.2. The number of rotatable bonds is 6. The van der Waals surface area contributed by atoms with Gasteiger partial charge in [0.05, 0.1) is 23.6 Å². The fourth-order valence-corrected chi connectivity index (χ4v) is 3.61. The van der Waals surface area contributed by atoms with Crippen LogP contribution in [-0.4, -0.2) is 28.7 Å². The van der Waals surface area contributed by atoms with Crippen molar-refractivity contribution >= 4 is 11.6 Å². The van der Waals surface area contributed by atoms with Crippen molar-refractivity contribution in [2.75, 3.05) is 11.9 Å². The third kappa shape index (κ3) is 4.03. The number of H-pyrrole nitrogens is 1. The van der Waals surface area contributed by atoms with Gasteiger partial charge in [0.25, 0.3) is 0 Å². The van der Waals surface area contributed by atoms with Crippen LogP contribution in [0.15, 0.2) is 30.3 Å². The summed E-state index contributed by atoms with van der Waals surface area (Å²) in [4.78, 5) is 12.2. The van der Waals surface area contributed by atoms with Crippen molar-refractivity contribution in [1.29, 1.82) is 0 Å². The van der Waals surface area contributed by atoms with E-state index in [0.717, 1.165) is 29.9 Å². The van der Waals surface area contributed by atoms with Crippen LogP contribution in [0.5, 0.6) is 0 Å². The lowest BCUT2D eigenvalue weighted by Gasteiger charge is -2.21. The number of aryl methyl sites for hydroxylation is 2. The summed E-state index contributed by atoms with van der Waals surface area (Å²) in [5, 5.41) is 13.4. The van der Waals surface area contributed by atoms with Crippen LogP contribution in [0.1, 0.15) is 36.2 Å². The van der Waals surface area contributed by atoms with Crippen molar-refractivity contribution in [2.24, 2.45) is 5.92 Å². The lowest BCUT2D eigenvalue weighted by Crippen LogP contribution is -2.39. The standard InChI is InChI=1S/C19H26N4O/c1-13-19(14(2)23-22-13)21-18(24)12-20-17-10-6-9-16(17)11-15-7-4-3-5-8-15/h3-5,7-8,16-17,20H,6,9-12H2,1-2H3,(H,21,24)(H,22,23)/t16-,17-/m0/s1. The van der Waals surface area contributed by atoms with Crippen molar-refractivity contribution in [3.05, 3.63) is 47.3 Å². The largest absolute Gasteiger partial charge is 0.322 e. The van der Waals surface area contributed by atoms with E-state index in [-0.39, 0.29) is 5.91 Å². The molecule has 1 saturated carbocycles. The molecular formula is C19H26N4O. The van der Waals surface area contributed by atoms with E-state index in [9.17, 15) is 4.79 Å². The van der Waals surface area contributed by atoms with Crippen molar-refractivity contribution in [3.63, 3.8) is 0 Å². The van der Waals surface area contributed by atoms with Crippen LogP contribution in [0.4, 0.5) is 5.69 Å². The van der Waals surface area contributed by atoms with Gasteiger partial charge in [-0.1, -0.05) is 36.8 Å². The number of nitrogens with zero attached hydrogens (tertiary/aromatic N) is 1.